The van der Waals surface area contributed by atoms with Gasteiger partial charge in [0, 0.05) is 31.2 Å². The number of hydrogen-bond acceptors (Lipinski definition) is 3. The number of benzene rings is 1. The van der Waals surface area contributed by atoms with Gasteiger partial charge < -0.3 is 10.6 Å². The minimum Gasteiger partial charge on any atom is -0.323 e. The first kappa shape index (κ1) is 16.5. The molecule has 0 aromatic heterocycles. The van der Waals surface area contributed by atoms with Crippen LogP contribution in [0.25, 0.3) is 0 Å². The third-order valence-electron chi connectivity index (χ3n) is 5.13. The lowest BCUT2D eigenvalue weighted by atomic mass is 9.98. The van der Waals surface area contributed by atoms with Crippen molar-refractivity contribution >= 4 is 0 Å². The number of rotatable bonds is 5. The third kappa shape index (κ3) is 3.65. The standard InChI is InChI=1S/C18H31N3/c1-6-15-7-9-16(10-8-15)18(19)14(3)21-11-13(2)17(12-21)20(4)5/h7-10,13-14,17-18H,6,11-12,19H2,1-5H3. The molecule has 0 radical (unpaired) electrons. The van der Waals surface area contributed by atoms with E-state index in [1.54, 1.807) is 0 Å². The van der Waals surface area contributed by atoms with Gasteiger partial charge in [-0.3, -0.25) is 4.90 Å². The average Bonchev–Trinajstić information content (AvgIpc) is 2.88. The summed E-state index contributed by atoms with van der Waals surface area (Å²) in [5.74, 6) is 0.706. The molecule has 1 heterocycles. The first-order chi connectivity index (χ1) is 9.93. The van der Waals surface area contributed by atoms with Crippen LogP contribution in [0, 0.1) is 5.92 Å². The van der Waals surface area contributed by atoms with Gasteiger partial charge in [0.2, 0.25) is 0 Å². The number of likely N-dealkylation sites (tertiary alicyclic amines) is 1. The Kier molecular flexibility index (Phi) is 5.42. The summed E-state index contributed by atoms with van der Waals surface area (Å²) in [4.78, 5) is 4.90. The SMILES string of the molecule is CCc1ccc(C(N)C(C)N2CC(C)C(N(C)C)C2)cc1. The second kappa shape index (κ2) is 6.91. The van der Waals surface area contributed by atoms with Crippen molar-refractivity contribution < 1.29 is 0 Å². The molecule has 1 aromatic carbocycles. The monoisotopic (exact) mass is 289 g/mol. The molecule has 0 aliphatic carbocycles. The van der Waals surface area contributed by atoms with Crippen molar-refractivity contribution in [3.05, 3.63) is 35.4 Å². The van der Waals surface area contributed by atoms with Crippen molar-refractivity contribution in [2.24, 2.45) is 11.7 Å². The molecule has 1 saturated heterocycles. The van der Waals surface area contributed by atoms with Gasteiger partial charge in [-0.15, -0.1) is 0 Å². The summed E-state index contributed by atoms with van der Waals surface area (Å²) in [7, 11) is 4.36. The molecule has 3 nitrogen and oxygen atoms in total. The maximum atomic E-state index is 6.52. The van der Waals surface area contributed by atoms with Crippen molar-refractivity contribution in [2.75, 3.05) is 27.2 Å². The summed E-state index contributed by atoms with van der Waals surface area (Å²) in [5.41, 5.74) is 9.15. The second-order valence-electron chi connectivity index (χ2n) is 6.82. The lowest BCUT2D eigenvalue weighted by Gasteiger charge is -2.30. The van der Waals surface area contributed by atoms with E-state index < -0.39 is 0 Å². The van der Waals surface area contributed by atoms with E-state index >= 15 is 0 Å². The Bertz CT molecular complexity index is 440. The minimum atomic E-state index is 0.0871. The predicted octanol–water partition coefficient (Wildman–Crippen LogP) is 2.52. The second-order valence-corrected chi connectivity index (χ2v) is 6.82. The van der Waals surface area contributed by atoms with E-state index in [0.717, 1.165) is 19.5 Å². The summed E-state index contributed by atoms with van der Waals surface area (Å²) in [6.45, 7) is 9.06. The van der Waals surface area contributed by atoms with Gasteiger partial charge in [-0.1, -0.05) is 38.1 Å². The molecule has 1 fully saturated rings. The summed E-state index contributed by atoms with van der Waals surface area (Å²) < 4.78 is 0. The molecule has 1 aliphatic rings. The summed E-state index contributed by atoms with van der Waals surface area (Å²) >= 11 is 0. The molecule has 2 rings (SSSR count). The Morgan fingerprint density at radius 1 is 1.24 bits per heavy atom. The number of nitrogens with two attached hydrogens (primary N) is 1. The Morgan fingerprint density at radius 3 is 2.33 bits per heavy atom. The first-order valence-corrected chi connectivity index (χ1v) is 8.19. The van der Waals surface area contributed by atoms with Crippen LogP contribution in [0.2, 0.25) is 0 Å². The zero-order valence-electron chi connectivity index (χ0n) is 14.2. The average molecular weight is 289 g/mol. The minimum absolute atomic E-state index is 0.0871. The Balaban J connectivity index is 2.03. The summed E-state index contributed by atoms with van der Waals surface area (Å²) in [6.07, 6.45) is 1.08. The quantitative estimate of drug-likeness (QED) is 0.904. The van der Waals surface area contributed by atoms with E-state index in [0.29, 0.717) is 18.0 Å². The van der Waals surface area contributed by atoms with Crippen LogP contribution in [0.5, 0.6) is 0 Å². The zero-order chi connectivity index (χ0) is 15.6. The van der Waals surface area contributed by atoms with E-state index in [1.165, 1.54) is 11.1 Å². The fourth-order valence-electron chi connectivity index (χ4n) is 3.47. The highest BCUT2D eigenvalue weighted by Gasteiger charge is 2.35. The molecule has 118 valence electrons. The van der Waals surface area contributed by atoms with Gasteiger partial charge in [-0.05, 0) is 44.5 Å². The Morgan fingerprint density at radius 2 is 1.86 bits per heavy atom. The number of nitrogens with zero attached hydrogens (tertiary/aromatic N) is 2. The maximum absolute atomic E-state index is 6.52. The molecular formula is C18H31N3. The molecule has 1 aliphatic heterocycles. The van der Waals surface area contributed by atoms with Crippen molar-refractivity contribution in [1.29, 1.82) is 0 Å². The molecule has 1 aromatic rings. The topological polar surface area (TPSA) is 32.5 Å². The highest BCUT2D eigenvalue weighted by Crippen LogP contribution is 2.27. The molecule has 2 N–H and O–H groups in total. The molecule has 4 atom stereocenters. The molecule has 21 heavy (non-hydrogen) atoms. The molecule has 0 bridgehead atoms. The Hall–Kier alpha value is -0.900. The van der Waals surface area contributed by atoms with E-state index in [-0.39, 0.29) is 6.04 Å². The number of aryl methyl sites for hydroxylation is 1. The van der Waals surface area contributed by atoms with Crippen molar-refractivity contribution in [3.8, 4) is 0 Å². The van der Waals surface area contributed by atoms with Crippen LogP contribution in [0.15, 0.2) is 24.3 Å². The van der Waals surface area contributed by atoms with Crippen LogP contribution in [0.3, 0.4) is 0 Å². The highest BCUT2D eigenvalue weighted by molar-refractivity contribution is 5.25. The van der Waals surface area contributed by atoms with Crippen LogP contribution < -0.4 is 5.73 Å². The van der Waals surface area contributed by atoms with Gasteiger partial charge in [-0.25, -0.2) is 0 Å². The van der Waals surface area contributed by atoms with Crippen molar-refractivity contribution in [2.45, 2.75) is 45.3 Å². The molecular weight excluding hydrogens is 258 g/mol. The van der Waals surface area contributed by atoms with Gasteiger partial charge in [-0.2, -0.15) is 0 Å². The Labute approximate surface area is 130 Å². The molecule has 0 saturated carbocycles. The van der Waals surface area contributed by atoms with Crippen LogP contribution in [-0.4, -0.2) is 49.1 Å². The number of likely N-dealkylation sites (N-methyl/N-ethyl adjacent to an activating group) is 1. The fourth-order valence-corrected chi connectivity index (χ4v) is 3.47. The maximum Gasteiger partial charge on any atom is 0.0450 e. The van der Waals surface area contributed by atoms with E-state index in [1.807, 2.05) is 0 Å². The van der Waals surface area contributed by atoms with Gasteiger partial charge in [0.05, 0.1) is 0 Å². The predicted molar refractivity (Wildman–Crippen MR) is 90.4 cm³/mol. The van der Waals surface area contributed by atoms with Crippen LogP contribution in [0.1, 0.15) is 37.9 Å². The highest BCUT2D eigenvalue weighted by atomic mass is 15.3. The smallest absolute Gasteiger partial charge is 0.0450 e. The third-order valence-corrected chi connectivity index (χ3v) is 5.13. The summed E-state index contributed by atoms with van der Waals surface area (Å²) in [5, 5.41) is 0. The fraction of sp³-hybridized carbons (Fsp3) is 0.667. The van der Waals surface area contributed by atoms with E-state index in [9.17, 15) is 0 Å². The first-order valence-electron chi connectivity index (χ1n) is 8.19. The van der Waals surface area contributed by atoms with E-state index in [4.69, 9.17) is 5.73 Å². The number of hydrogen-bond donors (Lipinski definition) is 1. The van der Waals surface area contributed by atoms with E-state index in [2.05, 4.69) is 68.9 Å². The molecule has 0 spiro atoms. The molecule has 3 heteroatoms. The van der Waals surface area contributed by atoms with Crippen LogP contribution >= 0.6 is 0 Å². The van der Waals surface area contributed by atoms with Gasteiger partial charge in [0.1, 0.15) is 0 Å². The van der Waals surface area contributed by atoms with Crippen LogP contribution in [-0.2, 0) is 6.42 Å². The van der Waals surface area contributed by atoms with Crippen LogP contribution in [0.4, 0.5) is 0 Å². The lowest BCUT2D eigenvalue weighted by molar-refractivity contribution is 0.204. The van der Waals surface area contributed by atoms with Crippen molar-refractivity contribution in [3.63, 3.8) is 0 Å². The van der Waals surface area contributed by atoms with Crippen molar-refractivity contribution in [1.82, 2.24) is 9.80 Å². The molecule has 4 unspecified atom stereocenters. The van der Waals surface area contributed by atoms with Gasteiger partial charge in [0.25, 0.3) is 0 Å². The largest absolute Gasteiger partial charge is 0.323 e. The zero-order valence-corrected chi connectivity index (χ0v) is 14.2. The summed E-state index contributed by atoms with van der Waals surface area (Å²) in [6, 6.07) is 9.91. The van der Waals surface area contributed by atoms with Gasteiger partial charge >= 0.3 is 0 Å². The lowest BCUT2D eigenvalue weighted by Crippen LogP contribution is -2.41. The van der Waals surface area contributed by atoms with Gasteiger partial charge in [0.15, 0.2) is 0 Å². The molecule has 0 amide bonds. The normalized spacial score (nSPS) is 26.2.